The quantitative estimate of drug-likeness (QED) is 0.323. The number of benzene rings is 1. The Balaban J connectivity index is 1.35. The lowest BCUT2D eigenvalue weighted by atomic mass is 9.91. The van der Waals surface area contributed by atoms with E-state index in [1.807, 2.05) is 0 Å². The van der Waals surface area contributed by atoms with Crippen molar-refractivity contribution in [3.63, 3.8) is 0 Å². The summed E-state index contributed by atoms with van der Waals surface area (Å²) in [7, 11) is -1.31. The number of imidazole rings is 1. The topological polar surface area (TPSA) is 118 Å². The van der Waals surface area contributed by atoms with Crippen LogP contribution in [0.1, 0.15) is 29.2 Å². The van der Waals surface area contributed by atoms with Crippen molar-refractivity contribution in [1.29, 1.82) is 0 Å². The molecule has 0 saturated carbocycles. The van der Waals surface area contributed by atoms with Gasteiger partial charge >= 0.3 is 5.69 Å². The van der Waals surface area contributed by atoms with Crippen molar-refractivity contribution in [3.8, 4) is 0 Å². The molecule has 6 rings (SSSR count). The molecule has 2 fully saturated rings. The first-order valence-electron chi connectivity index (χ1n) is 13.1. The molecule has 12 heteroatoms. The highest BCUT2D eigenvalue weighted by Gasteiger charge is 2.45. The summed E-state index contributed by atoms with van der Waals surface area (Å²) < 4.78 is 8.95. The Morgan fingerprint density at radius 1 is 1.11 bits per heavy atom. The van der Waals surface area contributed by atoms with Gasteiger partial charge in [-0.05, 0) is 24.6 Å². The number of rotatable bonds is 6. The van der Waals surface area contributed by atoms with Crippen molar-refractivity contribution >= 4 is 42.5 Å². The molecule has 3 amide bonds. The molecular formula is C25H34N6O5Si. The normalized spacial score (nSPS) is 22.9. The van der Waals surface area contributed by atoms with Crippen LogP contribution < -0.4 is 21.2 Å². The van der Waals surface area contributed by atoms with Crippen LogP contribution in [0.3, 0.4) is 0 Å². The van der Waals surface area contributed by atoms with Gasteiger partial charge in [0.05, 0.1) is 27.8 Å². The fourth-order valence-corrected chi connectivity index (χ4v) is 6.69. The number of nitrogens with zero attached hydrogens (tertiary/aromatic N) is 4. The van der Waals surface area contributed by atoms with E-state index in [0.29, 0.717) is 55.9 Å². The number of hydrogen-bond donors (Lipinski definition) is 2. The van der Waals surface area contributed by atoms with E-state index < -0.39 is 20.0 Å². The van der Waals surface area contributed by atoms with E-state index in [-0.39, 0.29) is 42.6 Å². The summed E-state index contributed by atoms with van der Waals surface area (Å²) in [5.74, 6) is -0.823. The van der Waals surface area contributed by atoms with Crippen LogP contribution in [-0.2, 0) is 20.9 Å². The number of ether oxygens (including phenoxy) is 1. The lowest BCUT2D eigenvalue weighted by molar-refractivity contribution is -0.157. The summed E-state index contributed by atoms with van der Waals surface area (Å²) in [5, 5.41) is 6.45. The molecule has 2 saturated heterocycles. The molecule has 1 atom stereocenters. The van der Waals surface area contributed by atoms with Gasteiger partial charge in [-0.1, -0.05) is 19.6 Å². The SMILES string of the molecule is C[Si](C)(C)CCOCN1C(=O)CCC(n2c(=O)n3c4c5c(ccc42)C(=O)NC2(CNC2)CN5CC3)C1=O. The molecule has 4 aliphatic rings. The second-order valence-corrected chi connectivity index (χ2v) is 17.6. The van der Waals surface area contributed by atoms with Gasteiger partial charge in [0.1, 0.15) is 12.8 Å². The molecule has 0 radical (unpaired) electrons. The summed E-state index contributed by atoms with van der Waals surface area (Å²) in [4.78, 5) is 56.4. The maximum Gasteiger partial charge on any atom is 0.329 e. The van der Waals surface area contributed by atoms with E-state index in [9.17, 15) is 19.2 Å². The Hall–Kier alpha value is -2.96. The van der Waals surface area contributed by atoms with Crippen LogP contribution in [0.4, 0.5) is 5.69 Å². The summed E-state index contributed by atoms with van der Waals surface area (Å²) in [6.45, 7) is 10.3. The van der Waals surface area contributed by atoms with Crippen molar-refractivity contribution in [1.82, 2.24) is 24.7 Å². The molecular weight excluding hydrogens is 492 g/mol. The predicted octanol–water partition coefficient (Wildman–Crippen LogP) is 0.711. The summed E-state index contributed by atoms with van der Waals surface area (Å²) >= 11 is 0. The largest absolute Gasteiger partial charge is 0.365 e. The number of imide groups is 1. The number of likely N-dealkylation sites (tertiary alicyclic amines) is 1. The molecule has 1 unspecified atom stereocenters. The first kappa shape index (κ1) is 24.4. The number of amides is 3. The third-order valence-corrected chi connectivity index (χ3v) is 9.77. The highest BCUT2D eigenvalue weighted by atomic mass is 28.3. The number of carbonyl (C=O) groups is 3. The molecule has 4 aliphatic heterocycles. The zero-order chi connectivity index (χ0) is 26.1. The molecule has 0 aliphatic carbocycles. The zero-order valence-electron chi connectivity index (χ0n) is 21.6. The highest BCUT2D eigenvalue weighted by Crippen LogP contribution is 2.38. The van der Waals surface area contributed by atoms with Crippen LogP contribution >= 0.6 is 0 Å². The van der Waals surface area contributed by atoms with Gasteiger partial charge in [-0.3, -0.25) is 28.4 Å². The third kappa shape index (κ3) is 3.93. The zero-order valence-corrected chi connectivity index (χ0v) is 22.6. The first-order valence-corrected chi connectivity index (χ1v) is 16.8. The van der Waals surface area contributed by atoms with Gasteiger partial charge < -0.3 is 20.3 Å². The highest BCUT2D eigenvalue weighted by molar-refractivity contribution is 6.76. The molecule has 5 heterocycles. The van der Waals surface area contributed by atoms with Gasteiger partial charge in [-0.15, -0.1) is 0 Å². The smallest absolute Gasteiger partial charge is 0.329 e. The molecule has 2 N–H and O–H groups in total. The molecule has 1 spiro atoms. The number of piperidine rings is 1. The maximum absolute atomic E-state index is 13.7. The van der Waals surface area contributed by atoms with E-state index in [4.69, 9.17) is 4.74 Å². The average molecular weight is 527 g/mol. The number of nitrogens with one attached hydrogen (secondary N) is 2. The Kier molecular flexibility index (Phi) is 5.62. The molecule has 1 aromatic heterocycles. The Morgan fingerprint density at radius 3 is 2.59 bits per heavy atom. The summed E-state index contributed by atoms with van der Waals surface area (Å²) in [5.41, 5.74) is 2.02. The molecule has 2 aromatic rings. The minimum absolute atomic E-state index is 0.0918. The molecule has 11 nitrogen and oxygen atoms in total. The molecule has 1 aromatic carbocycles. The Labute approximate surface area is 215 Å². The van der Waals surface area contributed by atoms with E-state index in [1.54, 1.807) is 16.7 Å². The number of anilines is 1. The van der Waals surface area contributed by atoms with Crippen LogP contribution in [0.5, 0.6) is 0 Å². The minimum Gasteiger partial charge on any atom is -0.365 e. The van der Waals surface area contributed by atoms with Crippen LogP contribution in [-0.4, -0.2) is 84.9 Å². The fraction of sp³-hybridized carbons (Fsp3) is 0.600. The second kappa shape index (κ2) is 8.53. The minimum atomic E-state index is -1.31. The van der Waals surface area contributed by atoms with E-state index in [1.165, 1.54) is 4.57 Å². The van der Waals surface area contributed by atoms with Crippen molar-refractivity contribution in [3.05, 3.63) is 28.2 Å². The lowest BCUT2D eigenvalue weighted by Crippen LogP contribution is -2.72. The van der Waals surface area contributed by atoms with Crippen molar-refractivity contribution in [2.75, 3.05) is 44.4 Å². The number of carbonyl (C=O) groups excluding carboxylic acids is 3. The predicted molar refractivity (Wildman–Crippen MR) is 141 cm³/mol. The fourth-order valence-electron chi connectivity index (χ4n) is 5.93. The van der Waals surface area contributed by atoms with Crippen molar-refractivity contribution in [2.24, 2.45) is 0 Å². The van der Waals surface area contributed by atoms with Gasteiger partial charge in [0.25, 0.3) is 11.8 Å². The van der Waals surface area contributed by atoms with E-state index in [0.717, 1.165) is 16.6 Å². The van der Waals surface area contributed by atoms with Crippen molar-refractivity contribution < 1.29 is 19.1 Å². The third-order valence-electron chi connectivity index (χ3n) is 8.06. The lowest BCUT2D eigenvalue weighted by Gasteiger charge is -2.45. The van der Waals surface area contributed by atoms with Gasteiger partial charge in [0, 0.05) is 53.8 Å². The average Bonchev–Trinajstić information content (AvgIpc) is 3.01. The summed E-state index contributed by atoms with van der Waals surface area (Å²) in [6.07, 6.45) is 0.431. The Bertz CT molecular complexity index is 1370. The maximum atomic E-state index is 13.7. The van der Waals surface area contributed by atoms with Crippen LogP contribution in [0.2, 0.25) is 25.7 Å². The van der Waals surface area contributed by atoms with E-state index >= 15 is 0 Å². The number of aromatic nitrogens is 2. The van der Waals surface area contributed by atoms with Gasteiger partial charge in [0.2, 0.25) is 5.91 Å². The Morgan fingerprint density at radius 2 is 1.89 bits per heavy atom. The molecule has 198 valence electrons. The number of hydrogen-bond acceptors (Lipinski definition) is 7. The van der Waals surface area contributed by atoms with Gasteiger partial charge in [-0.2, -0.15) is 0 Å². The second-order valence-electron chi connectivity index (χ2n) is 12.0. The van der Waals surface area contributed by atoms with Crippen LogP contribution in [0, 0.1) is 0 Å². The summed E-state index contributed by atoms with van der Waals surface area (Å²) in [6, 6.07) is 3.67. The van der Waals surface area contributed by atoms with Gasteiger partial charge in [-0.25, -0.2) is 4.79 Å². The molecule has 0 bridgehead atoms. The standard InChI is InChI=1S/C25H34N6O5Si/c1-37(2,3)11-10-36-15-30-19(32)7-6-18(23(30)34)31-17-5-4-16-20-21(17)29(24(31)35)9-8-28(20)14-25(12-26-13-25)27-22(16)33/h4-5,18,26H,6-15H2,1-3H3,(H,27,33). The van der Waals surface area contributed by atoms with Crippen molar-refractivity contribution in [2.45, 2.75) is 56.7 Å². The molecule has 37 heavy (non-hydrogen) atoms. The first-order chi connectivity index (χ1) is 17.6. The van der Waals surface area contributed by atoms with Crippen LogP contribution in [0.25, 0.3) is 11.0 Å². The van der Waals surface area contributed by atoms with Gasteiger partial charge in [0.15, 0.2) is 0 Å². The van der Waals surface area contributed by atoms with E-state index in [2.05, 4.69) is 35.2 Å². The van der Waals surface area contributed by atoms with Crippen LogP contribution in [0.15, 0.2) is 16.9 Å². The monoisotopic (exact) mass is 526 g/mol.